The molecule has 104 valence electrons. The van der Waals surface area contributed by atoms with E-state index in [1.807, 2.05) is 49.4 Å². The number of halogens is 2. The van der Waals surface area contributed by atoms with E-state index >= 15 is 0 Å². The molecule has 0 heterocycles. The van der Waals surface area contributed by atoms with Gasteiger partial charge in [0.25, 0.3) is 5.91 Å². The molecule has 0 saturated carbocycles. The first-order valence-corrected chi connectivity index (χ1v) is 7.45. The van der Waals surface area contributed by atoms with Gasteiger partial charge in [0.15, 0.2) is 0 Å². The third kappa shape index (κ3) is 3.05. The highest BCUT2D eigenvalue weighted by Gasteiger charge is 2.21. The van der Waals surface area contributed by atoms with Crippen molar-refractivity contribution in [3.8, 4) is 0 Å². The monoisotopic (exact) mass is 351 g/mol. The lowest BCUT2D eigenvalue weighted by atomic mass is 10.1. The van der Waals surface area contributed by atoms with Crippen LogP contribution in [0.25, 0.3) is 0 Å². The van der Waals surface area contributed by atoms with E-state index in [9.17, 15) is 4.79 Å². The van der Waals surface area contributed by atoms with Gasteiger partial charge in [0, 0.05) is 11.5 Å². The minimum Gasteiger partial charge on any atom is -0.335 e. The quantitative estimate of drug-likeness (QED) is 0.766. The van der Waals surface area contributed by atoms with Crippen LogP contribution in [0.4, 0.5) is 0 Å². The summed E-state index contributed by atoms with van der Waals surface area (Å²) in [5.74, 6) is -0.0901. The second-order valence-electron chi connectivity index (χ2n) is 4.60. The zero-order valence-electron chi connectivity index (χ0n) is 11.3. The Hall–Kier alpha value is -1.32. The number of nitrogens with zero attached hydrogens (tertiary/aromatic N) is 1. The van der Waals surface area contributed by atoms with Crippen molar-refractivity contribution in [1.82, 2.24) is 4.90 Å². The predicted molar refractivity (Wildman–Crippen MR) is 86.1 cm³/mol. The topological polar surface area (TPSA) is 20.3 Å². The summed E-state index contributed by atoms with van der Waals surface area (Å²) in [6, 6.07) is 15.3. The van der Waals surface area contributed by atoms with Crippen molar-refractivity contribution in [2.45, 2.75) is 13.0 Å². The van der Waals surface area contributed by atoms with Crippen LogP contribution in [0.1, 0.15) is 28.9 Å². The molecular weight excluding hydrogens is 338 g/mol. The minimum absolute atomic E-state index is 0.0150. The molecule has 0 radical (unpaired) electrons. The normalized spacial score (nSPS) is 12.0. The third-order valence-corrected chi connectivity index (χ3v) is 4.66. The Bertz CT molecular complexity index is 615. The van der Waals surface area contributed by atoms with Gasteiger partial charge in [-0.3, -0.25) is 4.79 Å². The molecule has 2 aromatic carbocycles. The van der Waals surface area contributed by atoms with Crippen LogP contribution >= 0.6 is 27.5 Å². The van der Waals surface area contributed by atoms with Crippen LogP contribution in [0.3, 0.4) is 0 Å². The van der Waals surface area contributed by atoms with E-state index in [1.54, 1.807) is 18.0 Å². The number of hydrogen-bond acceptors (Lipinski definition) is 1. The van der Waals surface area contributed by atoms with Crippen molar-refractivity contribution in [3.05, 3.63) is 69.2 Å². The van der Waals surface area contributed by atoms with Gasteiger partial charge in [0.05, 0.1) is 16.6 Å². The number of carbonyl (C=O) groups is 1. The van der Waals surface area contributed by atoms with Gasteiger partial charge in [0.2, 0.25) is 0 Å². The number of carbonyl (C=O) groups excluding carboxylic acids is 1. The standard InChI is InChI=1S/C16H15BrClNO/c1-11(12-7-4-3-5-8-12)19(2)16(20)13-9-6-10-14(17)15(13)18/h3-11H,1-2H3. The van der Waals surface area contributed by atoms with Crippen LogP contribution in [0.5, 0.6) is 0 Å². The summed E-state index contributed by atoms with van der Waals surface area (Å²) in [6.45, 7) is 2.00. The average molecular weight is 353 g/mol. The van der Waals surface area contributed by atoms with Gasteiger partial charge in [-0.1, -0.05) is 48.0 Å². The van der Waals surface area contributed by atoms with Crippen molar-refractivity contribution >= 4 is 33.4 Å². The second kappa shape index (κ2) is 6.42. The molecule has 4 heteroatoms. The molecule has 2 nitrogen and oxygen atoms in total. The highest BCUT2D eigenvalue weighted by Crippen LogP contribution is 2.28. The van der Waals surface area contributed by atoms with E-state index in [2.05, 4.69) is 15.9 Å². The maximum Gasteiger partial charge on any atom is 0.255 e. The van der Waals surface area contributed by atoms with E-state index in [-0.39, 0.29) is 11.9 Å². The molecule has 1 amide bonds. The van der Waals surface area contributed by atoms with E-state index in [4.69, 9.17) is 11.6 Å². The highest BCUT2D eigenvalue weighted by molar-refractivity contribution is 9.10. The molecule has 0 aliphatic carbocycles. The van der Waals surface area contributed by atoms with Crippen molar-refractivity contribution in [2.75, 3.05) is 7.05 Å². The fourth-order valence-electron chi connectivity index (χ4n) is 1.99. The molecule has 2 aromatic rings. The van der Waals surface area contributed by atoms with Crippen LogP contribution in [-0.2, 0) is 0 Å². The first kappa shape index (κ1) is 15.1. The van der Waals surface area contributed by atoms with Gasteiger partial charge < -0.3 is 4.90 Å². The molecule has 0 aliphatic heterocycles. The van der Waals surface area contributed by atoms with Crippen LogP contribution < -0.4 is 0 Å². The maximum absolute atomic E-state index is 12.6. The maximum atomic E-state index is 12.6. The van der Waals surface area contributed by atoms with Gasteiger partial charge in [-0.25, -0.2) is 0 Å². The molecular formula is C16H15BrClNO. The summed E-state index contributed by atoms with van der Waals surface area (Å²) in [5, 5.41) is 0.449. The summed E-state index contributed by atoms with van der Waals surface area (Å²) >= 11 is 9.53. The molecule has 0 N–H and O–H groups in total. The van der Waals surface area contributed by atoms with Gasteiger partial charge >= 0.3 is 0 Å². The number of rotatable bonds is 3. The Labute approximate surface area is 132 Å². The van der Waals surface area contributed by atoms with Gasteiger partial charge in [0.1, 0.15) is 0 Å². The summed E-state index contributed by atoms with van der Waals surface area (Å²) in [7, 11) is 1.79. The Morgan fingerprint density at radius 3 is 2.45 bits per heavy atom. The summed E-state index contributed by atoms with van der Waals surface area (Å²) < 4.78 is 0.728. The molecule has 1 atom stereocenters. The number of benzene rings is 2. The second-order valence-corrected chi connectivity index (χ2v) is 5.84. The lowest BCUT2D eigenvalue weighted by Crippen LogP contribution is -2.29. The molecule has 0 bridgehead atoms. The van der Waals surface area contributed by atoms with Gasteiger partial charge in [-0.05, 0) is 40.5 Å². The first-order valence-electron chi connectivity index (χ1n) is 6.28. The Kier molecular flexibility index (Phi) is 4.84. The molecule has 2 rings (SSSR count). The van der Waals surface area contributed by atoms with Crippen LogP contribution in [0.15, 0.2) is 53.0 Å². The largest absolute Gasteiger partial charge is 0.335 e. The SMILES string of the molecule is CC(c1ccccc1)N(C)C(=O)c1cccc(Br)c1Cl. The highest BCUT2D eigenvalue weighted by atomic mass is 79.9. The Balaban J connectivity index is 2.27. The van der Waals surface area contributed by atoms with Crippen molar-refractivity contribution in [1.29, 1.82) is 0 Å². The summed E-state index contributed by atoms with van der Waals surface area (Å²) in [4.78, 5) is 14.3. The summed E-state index contributed by atoms with van der Waals surface area (Å²) in [6.07, 6.45) is 0. The molecule has 0 aromatic heterocycles. The molecule has 0 saturated heterocycles. The third-order valence-electron chi connectivity index (χ3n) is 3.37. The molecule has 0 fully saturated rings. The molecule has 0 spiro atoms. The van der Waals surface area contributed by atoms with Crippen molar-refractivity contribution in [2.24, 2.45) is 0 Å². The van der Waals surface area contributed by atoms with Crippen LogP contribution in [0, 0.1) is 0 Å². The van der Waals surface area contributed by atoms with Crippen molar-refractivity contribution in [3.63, 3.8) is 0 Å². The molecule has 1 unspecified atom stereocenters. The Morgan fingerprint density at radius 2 is 1.80 bits per heavy atom. The number of hydrogen-bond donors (Lipinski definition) is 0. The fraction of sp³-hybridized carbons (Fsp3) is 0.188. The number of amides is 1. The van der Waals surface area contributed by atoms with Crippen LogP contribution in [0.2, 0.25) is 5.02 Å². The van der Waals surface area contributed by atoms with Crippen molar-refractivity contribution < 1.29 is 4.79 Å². The van der Waals surface area contributed by atoms with Gasteiger partial charge in [-0.2, -0.15) is 0 Å². The molecule has 0 aliphatic rings. The van der Waals surface area contributed by atoms with Crippen LogP contribution in [-0.4, -0.2) is 17.9 Å². The van der Waals surface area contributed by atoms with E-state index in [0.717, 1.165) is 10.0 Å². The smallest absolute Gasteiger partial charge is 0.255 e. The lowest BCUT2D eigenvalue weighted by Gasteiger charge is -2.26. The average Bonchev–Trinajstić information content (AvgIpc) is 2.48. The summed E-state index contributed by atoms with van der Waals surface area (Å²) in [5.41, 5.74) is 1.60. The van der Waals surface area contributed by atoms with E-state index in [1.165, 1.54) is 0 Å². The zero-order chi connectivity index (χ0) is 14.7. The predicted octanol–water partition coefficient (Wildman–Crippen LogP) is 4.94. The minimum atomic E-state index is -0.0901. The lowest BCUT2D eigenvalue weighted by molar-refractivity contribution is 0.0743. The van der Waals surface area contributed by atoms with Gasteiger partial charge in [-0.15, -0.1) is 0 Å². The Morgan fingerprint density at radius 1 is 1.15 bits per heavy atom. The zero-order valence-corrected chi connectivity index (χ0v) is 13.6. The van der Waals surface area contributed by atoms with E-state index in [0.29, 0.717) is 10.6 Å². The van der Waals surface area contributed by atoms with E-state index < -0.39 is 0 Å². The first-order chi connectivity index (χ1) is 9.52. The molecule has 20 heavy (non-hydrogen) atoms. The fourth-order valence-corrected chi connectivity index (χ4v) is 2.56.